The number of nitrogens with zero attached hydrogens (tertiary/aromatic N) is 1. The van der Waals surface area contributed by atoms with Crippen molar-refractivity contribution in [2.24, 2.45) is 5.41 Å². The molecule has 1 fully saturated rings. The molecule has 4 nitrogen and oxygen atoms in total. The number of alkyl halides is 1. The minimum absolute atomic E-state index is 0.00585. The predicted molar refractivity (Wildman–Crippen MR) is 75.7 cm³/mol. The Bertz CT molecular complexity index is 308. The highest BCUT2D eigenvalue weighted by Crippen LogP contribution is 2.31. The summed E-state index contributed by atoms with van der Waals surface area (Å²) in [5.41, 5.74) is -0.00585. The Morgan fingerprint density at radius 1 is 1.28 bits per heavy atom. The van der Waals surface area contributed by atoms with Gasteiger partial charge in [-0.05, 0) is 24.7 Å². The third kappa shape index (κ3) is 3.05. The van der Waals surface area contributed by atoms with Crippen LogP contribution in [0.3, 0.4) is 0 Å². The molecular weight excluding hydrogens is 296 g/mol. The molecule has 0 bridgehead atoms. The van der Waals surface area contributed by atoms with E-state index in [2.05, 4.69) is 35.1 Å². The number of halogens is 1. The van der Waals surface area contributed by atoms with Gasteiger partial charge in [-0.25, -0.2) is 4.79 Å². The highest BCUT2D eigenvalue weighted by atomic mass is 79.9. The number of hydrogen-bond donors (Lipinski definition) is 1. The first-order chi connectivity index (χ1) is 8.53. The summed E-state index contributed by atoms with van der Waals surface area (Å²) in [5.74, 6) is -0.0610. The fourth-order valence-electron chi connectivity index (χ4n) is 2.25. The lowest BCUT2D eigenvalue weighted by molar-refractivity contribution is -0.128. The average Bonchev–Trinajstić information content (AvgIpc) is 2.64. The molecule has 1 rings (SSSR count). The molecule has 18 heavy (non-hydrogen) atoms. The maximum Gasteiger partial charge on any atom is 0.324 e. The van der Waals surface area contributed by atoms with Gasteiger partial charge in [0.1, 0.15) is 6.04 Å². The minimum atomic E-state index is -0.316. The summed E-state index contributed by atoms with van der Waals surface area (Å²) in [5, 5.41) is 3.58. The van der Waals surface area contributed by atoms with Crippen LogP contribution in [0.2, 0.25) is 0 Å². The minimum Gasteiger partial charge on any atom is -0.326 e. The van der Waals surface area contributed by atoms with Gasteiger partial charge in [0.2, 0.25) is 0 Å². The molecule has 0 aromatic carbocycles. The number of carbonyl (C=O) groups excluding carboxylic acids is 2. The molecule has 104 valence electrons. The lowest BCUT2D eigenvalue weighted by atomic mass is 9.84. The Labute approximate surface area is 118 Å². The van der Waals surface area contributed by atoms with Crippen molar-refractivity contribution in [3.8, 4) is 0 Å². The molecule has 0 spiro atoms. The summed E-state index contributed by atoms with van der Waals surface area (Å²) in [6.07, 6.45) is 3.52. The van der Waals surface area contributed by atoms with E-state index in [1.165, 1.54) is 4.90 Å². The van der Waals surface area contributed by atoms with Gasteiger partial charge in [-0.15, -0.1) is 0 Å². The first-order valence-electron chi connectivity index (χ1n) is 6.71. The second kappa shape index (κ2) is 6.55. The van der Waals surface area contributed by atoms with E-state index in [9.17, 15) is 9.59 Å². The van der Waals surface area contributed by atoms with Crippen molar-refractivity contribution in [3.63, 3.8) is 0 Å². The number of rotatable bonds is 7. The van der Waals surface area contributed by atoms with Gasteiger partial charge in [0, 0.05) is 11.9 Å². The predicted octanol–water partition coefficient (Wildman–Crippen LogP) is 2.91. The van der Waals surface area contributed by atoms with Crippen molar-refractivity contribution in [1.82, 2.24) is 10.2 Å². The van der Waals surface area contributed by atoms with E-state index in [0.717, 1.165) is 31.0 Å². The van der Waals surface area contributed by atoms with Crippen LogP contribution in [0.5, 0.6) is 0 Å². The Morgan fingerprint density at radius 3 is 2.33 bits per heavy atom. The molecule has 1 heterocycles. The van der Waals surface area contributed by atoms with E-state index in [0.29, 0.717) is 6.54 Å². The van der Waals surface area contributed by atoms with Gasteiger partial charge in [0.15, 0.2) is 0 Å². The molecule has 1 N–H and O–H groups in total. The molecule has 0 aromatic heterocycles. The zero-order valence-electron chi connectivity index (χ0n) is 11.5. The highest BCUT2D eigenvalue weighted by molar-refractivity contribution is 9.09. The van der Waals surface area contributed by atoms with E-state index in [4.69, 9.17) is 0 Å². The second-order valence-corrected chi connectivity index (χ2v) is 5.62. The van der Waals surface area contributed by atoms with Gasteiger partial charge in [0.05, 0.1) is 0 Å². The monoisotopic (exact) mass is 318 g/mol. The molecule has 5 heteroatoms. The van der Waals surface area contributed by atoms with Crippen molar-refractivity contribution in [3.05, 3.63) is 0 Å². The summed E-state index contributed by atoms with van der Waals surface area (Å²) in [7, 11) is 0. The van der Waals surface area contributed by atoms with E-state index >= 15 is 0 Å². The van der Waals surface area contributed by atoms with Crippen LogP contribution in [0.25, 0.3) is 0 Å². The number of urea groups is 1. The van der Waals surface area contributed by atoms with Crippen molar-refractivity contribution in [1.29, 1.82) is 0 Å². The maximum absolute atomic E-state index is 12.2. The smallest absolute Gasteiger partial charge is 0.324 e. The van der Waals surface area contributed by atoms with Gasteiger partial charge in [-0.2, -0.15) is 0 Å². The molecule has 0 radical (unpaired) electrons. The van der Waals surface area contributed by atoms with Crippen molar-refractivity contribution in [2.45, 2.75) is 52.5 Å². The lowest BCUT2D eigenvalue weighted by Crippen LogP contribution is -2.42. The Morgan fingerprint density at radius 2 is 1.89 bits per heavy atom. The second-order valence-electron chi connectivity index (χ2n) is 5.06. The summed E-state index contributed by atoms with van der Waals surface area (Å²) in [6.45, 7) is 6.73. The van der Waals surface area contributed by atoms with Crippen LogP contribution in [0.1, 0.15) is 46.5 Å². The first kappa shape index (κ1) is 15.5. The number of nitrogens with one attached hydrogen (secondary N) is 1. The quantitative estimate of drug-likeness (QED) is 0.579. The van der Waals surface area contributed by atoms with E-state index in [1.54, 1.807) is 0 Å². The summed E-state index contributed by atoms with van der Waals surface area (Å²) in [4.78, 5) is 25.4. The molecule has 0 saturated carbocycles. The standard InChI is InChI=1S/C13H23BrN2O2/c1-4-7-10-11(17)16(12(18)15-10)9-13(5-2,6-3)8-14/h10H,4-9H2,1-3H3,(H,15,18). The molecule has 1 saturated heterocycles. The number of hydrogen-bond acceptors (Lipinski definition) is 2. The Hall–Kier alpha value is -0.580. The molecular formula is C13H23BrN2O2. The fourth-order valence-corrected chi connectivity index (χ4v) is 3.22. The topological polar surface area (TPSA) is 49.4 Å². The van der Waals surface area contributed by atoms with Gasteiger partial charge in [-0.3, -0.25) is 9.69 Å². The first-order valence-corrected chi connectivity index (χ1v) is 7.83. The van der Waals surface area contributed by atoms with E-state index in [-0.39, 0.29) is 23.4 Å². The zero-order chi connectivity index (χ0) is 13.8. The Kier molecular flexibility index (Phi) is 5.63. The van der Waals surface area contributed by atoms with Crippen LogP contribution < -0.4 is 5.32 Å². The molecule has 1 aliphatic heterocycles. The van der Waals surface area contributed by atoms with Crippen LogP contribution in [0.15, 0.2) is 0 Å². The third-order valence-electron chi connectivity index (χ3n) is 3.96. The molecule has 0 aliphatic carbocycles. The van der Waals surface area contributed by atoms with Gasteiger partial charge in [0.25, 0.3) is 5.91 Å². The van der Waals surface area contributed by atoms with Crippen LogP contribution in [-0.2, 0) is 4.79 Å². The largest absolute Gasteiger partial charge is 0.326 e. The van der Waals surface area contributed by atoms with Crippen LogP contribution in [0.4, 0.5) is 4.79 Å². The van der Waals surface area contributed by atoms with Crippen molar-refractivity contribution < 1.29 is 9.59 Å². The lowest BCUT2D eigenvalue weighted by Gasteiger charge is -2.32. The SMILES string of the molecule is CCCC1NC(=O)N(CC(CC)(CC)CBr)C1=O. The summed E-state index contributed by atoms with van der Waals surface area (Å²) < 4.78 is 0. The molecule has 1 unspecified atom stereocenters. The zero-order valence-corrected chi connectivity index (χ0v) is 13.0. The third-order valence-corrected chi connectivity index (χ3v) is 5.15. The number of amides is 3. The summed E-state index contributed by atoms with van der Waals surface area (Å²) in [6, 6.07) is -0.546. The van der Waals surface area contributed by atoms with Crippen LogP contribution in [-0.4, -0.2) is 34.8 Å². The summed E-state index contributed by atoms with van der Waals surface area (Å²) >= 11 is 3.52. The maximum atomic E-state index is 12.2. The van der Waals surface area contributed by atoms with Gasteiger partial charge in [-0.1, -0.05) is 43.1 Å². The fraction of sp³-hybridized carbons (Fsp3) is 0.846. The van der Waals surface area contributed by atoms with Crippen molar-refractivity contribution >= 4 is 27.9 Å². The Balaban J connectivity index is 2.77. The van der Waals surface area contributed by atoms with Crippen molar-refractivity contribution in [2.75, 3.05) is 11.9 Å². The number of carbonyl (C=O) groups is 2. The van der Waals surface area contributed by atoms with Gasteiger partial charge >= 0.3 is 6.03 Å². The molecule has 1 atom stereocenters. The van der Waals surface area contributed by atoms with E-state index in [1.807, 2.05) is 6.92 Å². The van der Waals surface area contributed by atoms with E-state index < -0.39 is 0 Å². The van der Waals surface area contributed by atoms with Crippen LogP contribution in [0, 0.1) is 5.41 Å². The number of imide groups is 1. The highest BCUT2D eigenvalue weighted by Gasteiger charge is 2.41. The molecule has 3 amide bonds. The average molecular weight is 319 g/mol. The molecule has 1 aliphatic rings. The molecule has 0 aromatic rings. The van der Waals surface area contributed by atoms with Crippen LogP contribution >= 0.6 is 15.9 Å². The van der Waals surface area contributed by atoms with Gasteiger partial charge < -0.3 is 5.32 Å². The normalized spacial score (nSPS) is 20.4.